The quantitative estimate of drug-likeness (QED) is 0.817. The van der Waals surface area contributed by atoms with Crippen molar-refractivity contribution in [2.45, 2.75) is 51.9 Å². The Bertz CT molecular complexity index is 713. The number of likely N-dealkylation sites (tertiary alicyclic amines) is 1. The Labute approximate surface area is 167 Å². The van der Waals surface area contributed by atoms with Gasteiger partial charge in [-0.1, -0.05) is 25.3 Å². The first kappa shape index (κ1) is 20.4. The van der Waals surface area contributed by atoms with Crippen molar-refractivity contribution in [1.29, 1.82) is 0 Å². The van der Waals surface area contributed by atoms with E-state index < -0.39 is 0 Å². The standard InChI is InChI=1S/C22H31N3O3/c1-16(26)24-20-11-5-9-18(13-20)22(28)25-12-6-10-19(15-25)21(27)23-14-17-7-3-2-4-8-17/h5,9,11,13,17,19H,2-4,6-8,10,12,14-15H2,1H3,(H,23,27)(H,24,26). The SMILES string of the molecule is CC(=O)Nc1cccc(C(=O)N2CCCC(C(=O)NCC3CCCCC3)C2)c1. The molecule has 1 atom stereocenters. The van der Waals surface area contributed by atoms with E-state index in [4.69, 9.17) is 0 Å². The van der Waals surface area contributed by atoms with E-state index in [2.05, 4.69) is 10.6 Å². The van der Waals surface area contributed by atoms with Crippen molar-refractivity contribution < 1.29 is 14.4 Å². The number of anilines is 1. The number of benzene rings is 1. The summed E-state index contributed by atoms with van der Waals surface area (Å²) in [5, 5.41) is 5.83. The maximum Gasteiger partial charge on any atom is 0.253 e. The number of nitrogens with one attached hydrogen (secondary N) is 2. The molecule has 2 fully saturated rings. The van der Waals surface area contributed by atoms with Gasteiger partial charge < -0.3 is 15.5 Å². The number of piperidine rings is 1. The van der Waals surface area contributed by atoms with Crippen LogP contribution in [0, 0.1) is 11.8 Å². The summed E-state index contributed by atoms with van der Waals surface area (Å²) >= 11 is 0. The van der Waals surface area contributed by atoms with Gasteiger partial charge in [0.1, 0.15) is 0 Å². The Kier molecular flexibility index (Phi) is 7.06. The summed E-state index contributed by atoms with van der Waals surface area (Å²) in [5.74, 6) is 0.291. The molecule has 1 saturated heterocycles. The maximum atomic E-state index is 12.9. The molecule has 0 bridgehead atoms. The third-order valence-electron chi connectivity index (χ3n) is 5.80. The van der Waals surface area contributed by atoms with Crippen molar-refractivity contribution in [3.05, 3.63) is 29.8 Å². The van der Waals surface area contributed by atoms with E-state index in [0.717, 1.165) is 19.4 Å². The Balaban J connectivity index is 1.55. The molecular weight excluding hydrogens is 354 g/mol. The fraction of sp³-hybridized carbons (Fsp3) is 0.591. The summed E-state index contributed by atoms with van der Waals surface area (Å²) < 4.78 is 0. The lowest BCUT2D eigenvalue weighted by Gasteiger charge is -2.32. The lowest BCUT2D eigenvalue weighted by Crippen LogP contribution is -2.46. The van der Waals surface area contributed by atoms with Crippen molar-refractivity contribution in [2.24, 2.45) is 11.8 Å². The Morgan fingerprint density at radius 2 is 1.86 bits per heavy atom. The molecule has 6 nitrogen and oxygen atoms in total. The summed E-state index contributed by atoms with van der Waals surface area (Å²) in [6.45, 7) is 3.33. The van der Waals surface area contributed by atoms with E-state index in [-0.39, 0.29) is 23.6 Å². The van der Waals surface area contributed by atoms with Gasteiger partial charge in [0.25, 0.3) is 5.91 Å². The third-order valence-corrected chi connectivity index (χ3v) is 5.80. The summed E-state index contributed by atoms with van der Waals surface area (Å²) in [7, 11) is 0. The van der Waals surface area contributed by atoms with Crippen LogP contribution in [0.2, 0.25) is 0 Å². The largest absolute Gasteiger partial charge is 0.356 e. The molecular formula is C22H31N3O3. The fourth-order valence-corrected chi connectivity index (χ4v) is 4.27. The van der Waals surface area contributed by atoms with Crippen LogP contribution in [-0.2, 0) is 9.59 Å². The number of nitrogens with zero attached hydrogens (tertiary/aromatic N) is 1. The highest BCUT2D eigenvalue weighted by Crippen LogP contribution is 2.24. The lowest BCUT2D eigenvalue weighted by atomic mass is 9.89. The van der Waals surface area contributed by atoms with E-state index in [1.54, 1.807) is 29.2 Å². The Morgan fingerprint density at radius 1 is 1.07 bits per heavy atom. The zero-order chi connectivity index (χ0) is 19.9. The molecule has 0 radical (unpaired) electrons. The highest BCUT2D eigenvalue weighted by molar-refractivity contribution is 5.97. The van der Waals surface area contributed by atoms with Gasteiger partial charge in [-0.2, -0.15) is 0 Å². The second-order valence-corrected chi connectivity index (χ2v) is 8.10. The van der Waals surface area contributed by atoms with Crippen LogP contribution in [0.1, 0.15) is 62.2 Å². The zero-order valence-electron chi connectivity index (χ0n) is 16.7. The predicted molar refractivity (Wildman–Crippen MR) is 109 cm³/mol. The number of rotatable bonds is 5. The molecule has 2 aliphatic rings. The van der Waals surface area contributed by atoms with Gasteiger partial charge in [-0.25, -0.2) is 0 Å². The minimum Gasteiger partial charge on any atom is -0.356 e. The predicted octanol–water partition coefficient (Wildman–Crippen LogP) is 3.19. The summed E-state index contributed by atoms with van der Waals surface area (Å²) in [5.41, 5.74) is 1.15. The molecule has 0 aromatic heterocycles. The van der Waals surface area contributed by atoms with Crippen LogP contribution in [0.15, 0.2) is 24.3 Å². The van der Waals surface area contributed by atoms with Crippen LogP contribution in [0.3, 0.4) is 0 Å². The monoisotopic (exact) mass is 385 g/mol. The molecule has 6 heteroatoms. The van der Waals surface area contributed by atoms with E-state index in [9.17, 15) is 14.4 Å². The van der Waals surface area contributed by atoms with Gasteiger partial charge in [0, 0.05) is 37.8 Å². The van der Waals surface area contributed by atoms with Gasteiger partial charge in [0.15, 0.2) is 0 Å². The molecule has 1 aliphatic carbocycles. The molecule has 1 unspecified atom stereocenters. The van der Waals surface area contributed by atoms with Gasteiger partial charge in [-0.15, -0.1) is 0 Å². The van der Waals surface area contributed by atoms with Crippen LogP contribution in [0.25, 0.3) is 0 Å². The molecule has 3 rings (SSSR count). The van der Waals surface area contributed by atoms with E-state index in [0.29, 0.717) is 30.3 Å². The Morgan fingerprint density at radius 3 is 2.61 bits per heavy atom. The number of hydrogen-bond acceptors (Lipinski definition) is 3. The summed E-state index contributed by atoms with van der Waals surface area (Å²) in [6.07, 6.45) is 7.92. The van der Waals surface area contributed by atoms with Crippen LogP contribution in [0.4, 0.5) is 5.69 Å². The number of amides is 3. The number of hydrogen-bond donors (Lipinski definition) is 2. The maximum absolute atomic E-state index is 12.9. The van der Waals surface area contributed by atoms with Crippen molar-refractivity contribution in [3.8, 4) is 0 Å². The first-order chi connectivity index (χ1) is 13.5. The van der Waals surface area contributed by atoms with Crippen molar-refractivity contribution in [3.63, 3.8) is 0 Å². The second kappa shape index (κ2) is 9.71. The minimum atomic E-state index is -0.169. The lowest BCUT2D eigenvalue weighted by molar-refractivity contribution is -0.126. The first-order valence-electron chi connectivity index (χ1n) is 10.5. The van der Waals surface area contributed by atoms with Crippen LogP contribution in [0.5, 0.6) is 0 Å². The molecule has 1 aromatic carbocycles. The van der Waals surface area contributed by atoms with Crippen molar-refractivity contribution in [2.75, 3.05) is 25.0 Å². The van der Waals surface area contributed by atoms with E-state index in [1.807, 2.05) is 0 Å². The van der Waals surface area contributed by atoms with Gasteiger partial charge in [-0.05, 0) is 49.8 Å². The Hall–Kier alpha value is -2.37. The second-order valence-electron chi connectivity index (χ2n) is 8.10. The summed E-state index contributed by atoms with van der Waals surface area (Å²) in [4.78, 5) is 38.5. The molecule has 2 N–H and O–H groups in total. The number of carbonyl (C=O) groups is 3. The average molecular weight is 386 g/mol. The summed E-state index contributed by atoms with van der Waals surface area (Å²) in [6, 6.07) is 6.96. The van der Waals surface area contributed by atoms with Crippen molar-refractivity contribution in [1.82, 2.24) is 10.2 Å². The van der Waals surface area contributed by atoms with Gasteiger partial charge in [0.05, 0.1) is 5.92 Å². The average Bonchev–Trinajstić information content (AvgIpc) is 2.72. The molecule has 1 aliphatic heterocycles. The van der Waals surface area contributed by atoms with Crippen LogP contribution in [-0.4, -0.2) is 42.3 Å². The molecule has 3 amide bonds. The highest BCUT2D eigenvalue weighted by atomic mass is 16.2. The van der Waals surface area contributed by atoms with Gasteiger partial charge >= 0.3 is 0 Å². The molecule has 28 heavy (non-hydrogen) atoms. The number of carbonyl (C=O) groups excluding carboxylic acids is 3. The van der Waals surface area contributed by atoms with Crippen LogP contribution >= 0.6 is 0 Å². The first-order valence-corrected chi connectivity index (χ1v) is 10.5. The smallest absolute Gasteiger partial charge is 0.253 e. The molecule has 1 saturated carbocycles. The highest BCUT2D eigenvalue weighted by Gasteiger charge is 2.29. The fourth-order valence-electron chi connectivity index (χ4n) is 4.27. The molecule has 152 valence electrons. The van der Waals surface area contributed by atoms with Crippen molar-refractivity contribution >= 4 is 23.4 Å². The van der Waals surface area contributed by atoms with E-state index in [1.165, 1.54) is 39.0 Å². The third kappa shape index (κ3) is 5.57. The minimum absolute atomic E-state index is 0.0788. The molecule has 1 heterocycles. The molecule has 1 aromatic rings. The molecule has 0 spiro atoms. The zero-order valence-corrected chi connectivity index (χ0v) is 16.7. The van der Waals surface area contributed by atoms with Gasteiger partial charge in [0.2, 0.25) is 11.8 Å². The van der Waals surface area contributed by atoms with Gasteiger partial charge in [-0.3, -0.25) is 14.4 Å². The van der Waals surface area contributed by atoms with E-state index >= 15 is 0 Å². The topological polar surface area (TPSA) is 78.5 Å². The normalized spacial score (nSPS) is 20.5. The van der Waals surface area contributed by atoms with Crippen LogP contribution < -0.4 is 10.6 Å².